The van der Waals surface area contributed by atoms with E-state index in [1.165, 1.54) is 0 Å². The number of nitrogens with two attached hydrogens (primary N) is 1. The van der Waals surface area contributed by atoms with Crippen molar-refractivity contribution < 1.29 is 4.92 Å². The monoisotopic (exact) mass is 249 g/mol. The fourth-order valence-electron chi connectivity index (χ4n) is 2.75. The molecule has 5 nitrogen and oxygen atoms in total. The number of hydrogen-bond donors (Lipinski definition) is 1. The standard InChI is InChI=1S/C13H19N3O2/c1-2-8-15-9-7-11(14)13(15)10-5-3-4-6-12(10)16(17)18/h3-6,11,13H,2,7-9,14H2,1H3. The number of benzene rings is 1. The van der Waals surface area contributed by atoms with Gasteiger partial charge in [-0.05, 0) is 19.4 Å². The third-order valence-electron chi connectivity index (χ3n) is 3.51. The van der Waals surface area contributed by atoms with Gasteiger partial charge in [0.05, 0.1) is 11.0 Å². The summed E-state index contributed by atoms with van der Waals surface area (Å²) in [5.41, 5.74) is 7.07. The molecule has 0 aromatic heterocycles. The molecule has 2 unspecified atom stereocenters. The smallest absolute Gasteiger partial charge is 0.274 e. The molecule has 18 heavy (non-hydrogen) atoms. The number of para-hydroxylation sites is 1. The summed E-state index contributed by atoms with van der Waals surface area (Å²) in [6.07, 6.45) is 1.93. The topological polar surface area (TPSA) is 72.4 Å². The molecular weight excluding hydrogens is 230 g/mol. The van der Waals surface area contributed by atoms with Crippen LogP contribution in [0.25, 0.3) is 0 Å². The Morgan fingerprint density at radius 3 is 2.89 bits per heavy atom. The highest BCUT2D eigenvalue weighted by atomic mass is 16.6. The minimum absolute atomic E-state index is 0.0161. The Morgan fingerprint density at radius 1 is 1.50 bits per heavy atom. The van der Waals surface area contributed by atoms with E-state index in [0.717, 1.165) is 31.5 Å². The Bertz CT molecular complexity index is 434. The zero-order chi connectivity index (χ0) is 13.1. The van der Waals surface area contributed by atoms with Crippen LogP contribution in [-0.2, 0) is 0 Å². The lowest BCUT2D eigenvalue weighted by atomic mass is 9.99. The molecule has 0 aliphatic carbocycles. The van der Waals surface area contributed by atoms with Crippen molar-refractivity contribution in [3.63, 3.8) is 0 Å². The number of nitrogens with zero attached hydrogens (tertiary/aromatic N) is 2. The van der Waals surface area contributed by atoms with Gasteiger partial charge in [0.1, 0.15) is 0 Å². The molecule has 1 heterocycles. The van der Waals surface area contributed by atoms with Gasteiger partial charge in [-0.2, -0.15) is 0 Å². The van der Waals surface area contributed by atoms with E-state index in [1.807, 2.05) is 12.1 Å². The summed E-state index contributed by atoms with van der Waals surface area (Å²) in [7, 11) is 0. The van der Waals surface area contributed by atoms with E-state index in [-0.39, 0.29) is 22.7 Å². The van der Waals surface area contributed by atoms with Gasteiger partial charge in [0.25, 0.3) is 5.69 Å². The van der Waals surface area contributed by atoms with Crippen molar-refractivity contribution in [1.82, 2.24) is 4.90 Å². The van der Waals surface area contributed by atoms with Crippen molar-refractivity contribution in [3.8, 4) is 0 Å². The zero-order valence-corrected chi connectivity index (χ0v) is 10.6. The predicted molar refractivity (Wildman–Crippen MR) is 70.3 cm³/mol. The second-order valence-electron chi connectivity index (χ2n) is 4.75. The van der Waals surface area contributed by atoms with Crippen molar-refractivity contribution in [2.45, 2.75) is 31.8 Å². The molecule has 0 spiro atoms. The lowest BCUT2D eigenvalue weighted by Crippen LogP contribution is -2.32. The zero-order valence-electron chi connectivity index (χ0n) is 10.6. The number of rotatable bonds is 4. The molecule has 2 N–H and O–H groups in total. The van der Waals surface area contributed by atoms with Crippen LogP contribution in [0, 0.1) is 10.1 Å². The van der Waals surface area contributed by atoms with Gasteiger partial charge < -0.3 is 5.73 Å². The van der Waals surface area contributed by atoms with Gasteiger partial charge in [-0.25, -0.2) is 0 Å². The second kappa shape index (κ2) is 5.46. The van der Waals surface area contributed by atoms with E-state index in [4.69, 9.17) is 5.73 Å². The highest BCUT2D eigenvalue weighted by molar-refractivity contribution is 5.43. The van der Waals surface area contributed by atoms with Crippen LogP contribution in [-0.4, -0.2) is 29.0 Å². The molecule has 0 saturated carbocycles. The van der Waals surface area contributed by atoms with Crippen LogP contribution >= 0.6 is 0 Å². The lowest BCUT2D eigenvalue weighted by molar-refractivity contribution is -0.386. The molecule has 1 saturated heterocycles. The van der Waals surface area contributed by atoms with Crippen LogP contribution in [0.3, 0.4) is 0 Å². The third kappa shape index (κ3) is 2.37. The largest absolute Gasteiger partial charge is 0.326 e. The molecule has 2 atom stereocenters. The number of nitro benzene ring substituents is 1. The van der Waals surface area contributed by atoms with Crippen molar-refractivity contribution in [3.05, 3.63) is 39.9 Å². The van der Waals surface area contributed by atoms with Crippen molar-refractivity contribution >= 4 is 5.69 Å². The van der Waals surface area contributed by atoms with E-state index in [9.17, 15) is 10.1 Å². The molecule has 98 valence electrons. The SMILES string of the molecule is CCCN1CCC(N)C1c1ccccc1[N+](=O)[O-]. The summed E-state index contributed by atoms with van der Waals surface area (Å²) in [5, 5.41) is 11.1. The van der Waals surface area contributed by atoms with Crippen LogP contribution in [0.15, 0.2) is 24.3 Å². The highest BCUT2D eigenvalue weighted by Gasteiger charge is 2.35. The average molecular weight is 249 g/mol. The van der Waals surface area contributed by atoms with Crippen LogP contribution in [0.1, 0.15) is 31.4 Å². The minimum atomic E-state index is -0.315. The summed E-state index contributed by atoms with van der Waals surface area (Å²) in [6, 6.07) is 6.90. The molecule has 5 heteroatoms. The van der Waals surface area contributed by atoms with Gasteiger partial charge in [-0.3, -0.25) is 15.0 Å². The Morgan fingerprint density at radius 2 is 2.22 bits per heavy atom. The molecule has 0 amide bonds. The van der Waals surface area contributed by atoms with Crippen molar-refractivity contribution in [2.75, 3.05) is 13.1 Å². The van der Waals surface area contributed by atoms with E-state index in [0.29, 0.717) is 0 Å². The predicted octanol–water partition coefficient (Wildman–Crippen LogP) is 2.08. The quantitative estimate of drug-likeness (QED) is 0.655. The first-order valence-corrected chi connectivity index (χ1v) is 6.38. The van der Waals surface area contributed by atoms with E-state index in [1.54, 1.807) is 12.1 Å². The maximum Gasteiger partial charge on any atom is 0.274 e. The molecule has 1 aliphatic heterocycles. The maximum absolute atomic E-state index is 11.1. The van der Waals surface area contributed by atoms with Crippen LogP contribution in [0.2, 0.25) is 0 Å². The first-order valence-electron chi connectivity index (χ1n) is 6.38. The van der Waals surface area contributed by atoms with Crippen LogP contribution in [0.4, 0.5) is 5.69 Å². The van der Waals surface area contributed by atoms with Gasteiger partial charge in [0, 0.05) is 24.2 Å². The third-order valence-corrected chi connectivity index (χ3v) is 3.51. The molecule has 2 rings (SSSR count). The molecule has 1 aliphatic rings. The van der Waals surface area contributed by atoms with Gasteiger partial charge in [0.15, 0.2) is 0 Å². The average Bonchev–Trinajstić information content (AvgIpc) is 2.71. The summed E-state index contributed by atoms with van der Waals surface area (Å²) in [6.45, 7) is 3.97. The Hall–Kier alpha value is -1.46. The Labute approximate surface area is 107 Å². The van der Waals surface area contributed by atoms with Gasteiger partial charge in [-0.15, -0.1) is 0 Å². The second-order valence-corrected chi connectivity index (χ2v) is 4.75. The summed E-state index contributed by atoms with van der Waals surface area (Å²) < 4.78 is 0. The number of hydrogen-bond acceptors (Lipinski definition) is 4. The minimum Gasteiger partial charge on any atom is -0.326 e. The maximum atomic E-state index is 11.1. The Balaban J connectivity index is 2.36. The fourth-order valence-corrected chi connectivity index (χ4v) is 2.75. The summed E-state index contributed by atoms with van der Waals surface area (Å²) in [5.74, 6) is 0. The van der Waals surface area contributed by atoms with Crippen LogP contribution in [0.5, 0.6) is 0 Å². The molecular formula is C13H19N3O2. The van der Waals surface area contributed by atoms with E-state index < -0.39 is 0 Å². The van der Waals surface area contributed by atoms with Crippen LogP contribution < -0.4 is 5.73 Å². The van der Waals surface area contributed by atoms with E-state index >= 15 is 0 Å². The molecule has 1 aromatic carbocycles. The van der Waals surface area contributed by atoms with Gasteiger partial charge >= 0.3 is 0 Å². The lowest BCUT2D eigenvalue weighted by Gasteiger charge is -2.26. The molecule has 0 radical (unpaired) electrons. The number of nitro groups is 1. The normalized spacial score (nSPS) is 24.3. The first kappa shape index (κ1) is 13.0. The van der Waals surface area contributed by atoms with Crippen molar-refractivity contribution in [2.24, 2.45) is 5.73 Å². The number of likely N-dealkylation sites (tertiary alicyclic amines) is 1. The highest BCUT2D eigenvalue weighted by Crippen LogP contribution is 2.35. The van der Waals surface area contributed by atoms with Crippen molar-refractivity contribution in [1.29, 1.82) is 0 Å². The Kier molecular flexibility index (Phi) is 3.93. The molecule has 1 aromatic rings. The molecule has 1 fully saturated rings. The summed E-state index contributed by atoms with van der Waals surface area (Å²) >= 11 is 0. The fraction of sp³-hybridized carbons (Fsp3) is 0.538. The first-order chi connectivity index (χ1) is 8.65. The summed E-state index contributed by atoms with van der Waals surface area (Å²) in [4.78, 5) is 13.0. The van der Waals surface area contributed by atoms with E-state index in [2.05, 4.69) is 11.8 Å². The van der Waals surface area contributed by atoms with Gasteiger partial charge in [-0.1, -0.05) is 25.1 Å². The van der Waals surface area contributed by atoms with Gasteiger partial charge in [0.2, 0.25) is 0 Å². The molecule has 0 bridgehead atoms.